The van der Waals surface area contributed by atoms with Crippen LogP contribution in [0.25, 0.3) is 0 Å². The minimum absolute atomic E-state index is 0.217. The van der Waals surface area contributed by atoms with Gasteiger partial charge in [-0.1, -0.05) is 28.1 Å². The van der Waals surface area contributed by atoms with Crippen molar-refractivity contribution >= 4 is 26.0 Å². The Kier molecular flexibility index (Phi) is 3.53. The highest BCUT2D eigenvalue weighted by molar-refractivity contribution is 9.10. The number of fused-ring (bicyclic) bond motifs is 2. The summed E-state index contributed by atoms with van der Waals surface area (Å²) in [4.78, 5) is 0.217. The Bertz CT molecular complexity index is 592. The monoisotopic (exact) mass is 342 g/mol. The summed E-state index contributed by atoms with van der Waals surface area (Å²) in [6.07, 6.45) is 6.65. The molecule has 1 aromatic carbocycles. The Morgan fingerprint density at radius 3 is 2.47 bits per heavy atom. The zero-order valence-electron chi connectivity index (χ0n) is 10.3. The van der Waals surface area contributed by atoms with Gasteiger partial charge in [-0.2, -0.15) is 8.42 Å². The molecule has 3 nitrogen and oxygen atoms in total. The normalized spacial score (nSPS) is 29.0. The van der Waals surface area contributed by atoms with Crippen molar-refractivity contribution in [2.24, 2.45) is 17.8 Å². The summed E-state index contributed by atoms with van der Waals surface area (Å²) in [5.41, 5.74) is 0. The molecule has 0 saturated heterocycles. The molecule has 0 radical (unpaired) electrons. The van der Waals surface area contributed by atoms with Crippen LogP contribution < -0.4 is 0 Å². The zero-order valence-corrected chi connectivity index (χ0v) is 12.7. The fourth-order valence-corrected chi connectivity index (χ4v) is 4.16. The second kappa shape index (κ2) is 5.04. The number of hydrogen-bond acceptors (Lipinski definition) is 3. The molecular weight excluding hydrogens is 328 g/mol. The molecule has 3 atom stereocenters. The summed E-state index contributed by atoms with van der Waals surface area (Å²) in [5.74, 6) is 1.49. The summed E-state index contributed by atoms with van der Waals surface area (Å²) >= 11 is 3.28. The van der Waals surface area contributed by atoms with Crippen molar-refractivity contribution in [2.75, 3.05) is 6.61 Å². The molecule has 0 heterocycles. The maximum atomic E-state index is 12.1. The van der Waals surface area contributed by atoms with E-state index in [1.165, 1.54) is 0 Å². The van der Waals surface area contributed by atoms with Gasteiger partial charge in [0, 0.05) is 4.47 Å². The molecule has 0 amide bonds. The van der Waals surface area contributed by atoms with Gasteiger partial charge in [0.1, 0.15) is 0 Å². The van der Waals surface area contributed by atoms with Gasteiger partial charge in [0.25, 0.3) is 10.1 Å². The first-order valence-electron chi connectivity index (χ1n) is 6.38. The lowest BCUT2D eigenvalue weighted by Gasteiger charge is -2.17. The Balaban J connectivity index is 1.66. The first-order chi connectivity index (χ1) is 9.04. The third kappa shape index (κ3) is 2.78. The van der Waals surface area contributed by atoms with Crippen LogP contribution in [0.3, 0.4) is 0 Å². The second-order valence-corrected chi connectivity index (χ2v) is 7.76. The summed E-state index contributed by atoms with van der Waals surface area (Å²) in [6.45, 7) is 0.296. The highest BCUT2D eigenvalue weighted by Crippen LogP contribution is 2.43. The molecular formula is C14H15BrO3S. The van der Waals surface area contributed by atoms with Gasteiger partial charge in [-0.3, -0.25) is 4.18 Å². The molecule has 3 rings (SSSR count). The van der Waals surface area contributed by atoms with E-state index in [1.807, 2.05) is 0 Å². The van der Waals surface area contributed by atoms with Crippen molar-refractivity contribution in [2.45, 2.75) is 17.7 Å². The van der Waals surface area contributed by atoms with Crippen LogP contribution in [0.15, 0.2) is 45.8 Å². The first-order valence-corrected chi connectivity index (χ1v) is 8.58. The predicted octanol–water partition coefficient (Wildman–Crippen LogP) is 3.37. The SMILES string of the molecule is O=S(=O)(OC[C@@H]1C[C@H]2C=C[C@@H]1C2)c1ccc(Br)cc1. The molecule has 1 aromatic rings. The van der Waals surface area contributed by atoms with E-state index in [9.17, 15) is 8.42 Å². The first kappa shape index (κ1) is 13.3. The summed E-state index contributed by atoms with van der Waals surface area (Å²) in [6, 6.07) is 6.52. The molecule has 2 aliphatic carbocycles. The van der Waals surface area contributed by atoms with Gasteiger partial charge in [-0.05, 0) is 54.9 Å². The van der Waals surface area contributed by atoms with E-state index < -0.39 is 10.1 Å². The van der Waals surface area contributed by atoms with Crippen LogP contribution in [0.4, 0.5) is 0 Å². The van der Waals surface area contributed by atoms with E-state index in [0.717, 1.165) is 17.3 Å². The molecule has 0 aromatic heterocycles. The van der Waals surface area contributed by atoms with Crippen molar-refractivity contribution in [1.82, 2.24) is 0 Å². The minimum atomic E-state index is -3.63. The topological polar surface area (TPSA) is 43.4 Å². The van der Waals surface area contributed by atoms with Crippen molar-refractivity contribution < 1.29 is 12.6 Å². The zero-order chi connectivity index (χ0) is 13.5. The van der Waals surface area contributed by atoms with Gasteiger partial charge in [0.15, 0.2) is 0 Å². The van der Waals surface area contributed by atoms with E-state index >= 15 is 0 Å². The Morgan fingerprint density at radius 2 is 1.89 bits per heavy atom. The van der Waals surface area contributed by atoms with Crippen LogP contribution in [0, 0.1) is 17.8 Å². The molecule has 0 unspecified atom stereocenters. The van der Waals surface area contributed by atoms with Gasteiger partial charge >= 0.3 is 0 Å². The van der Waals surface area contributed by atoms with Crippen LogP contribution in [0.1, 0.15) is 12.8 Å². The van der Waals surface area contributed by atoms with E-state index in [0.29, 0.717) is 24.4 Å². The molecule has 1 fully saturated rings. The summed E-state index contributed by atoms with van der Waals surface area (Å²) in [5, 5.41) is 0. The van der Waals surface area contributed by atoms with Crippen molar-refractivity contribution in [3.8, 4) is 0 Å². The quantitative estimate of drug-likeness (QED) is 0.622. The maximum Gasteiger partial charge on any atom is 0.296 e. The average Bonchev–Trinajstić information content (AvgIpc) is 2.99. The molecule has 1 saturated carbocycles. The van der Waals surface area contributed by atoms with Crippen molar-refractivity contribution in [3.05, 3.63) is 40.9 Å². The molecule has 5 heteroatoms. The molecule has 0 N–H and O–H groups in total. The van der Waals surface area contributed by atoms with Gasteiger partial charge in [0.05, 0.1) is 11.5 Å². The lowest BCUT2D eigenvalue weighted by atomic mass is 9.95. The minimum Gasteiger partial charge on any atom is -0.266 e. The Labute approximate surface area is 121 Å². The van der Waals surface area contributed by atoms with Gasteiger partial charge in [-0.15, -0.1) is 0 Å². The summed E-state index contributed by atoms with van der Waals surface area (Å²) < 4.78 is 30.2. The highest BCUT2D eigenvalue weighted by Gasteiger charge is 2.36. The van der Waals surface area contributed by atoms with Crippen LogP contribution in [0.2, 0.25) is 0 Å². The molecule has 2 bridgehead atoms. The van der Waals surface area contributed by atoms with Gasteiger partial charge < -0.3 is 0 Å². The highest BCUT2D eigenvalue weighted by atomic mass is 79.9. The van der Waals surface area contributed by atoms with E-state index in [2.05, 4.69) is 28.1 Å². The van der Waals surface area contributed by atoms with E-state index in [1.54, 1.807) is 24.3 Å². The van der Waals surface area contributed by atoms with E-state index in [-0.39, 0.29) is 4.90 Å². The second-order valence-electron chi connectivity index (χ2n) is 5.23. The number of rotatable bonds is 4. The van der Waals surface area contributed by atoms with Crippen molar-refractivity contribution in [1.29, 1.82) is 0 Å². The number of allylic oxidation sites excluding steroid dienone is 2. The van der Waals surface area contributed by atoms with Crippen LogP contribution in [-0.4, -0.2) is 15.0 Å². The van der Waals surface area contributed by atoms with Crippen LogP contribution >= 0.6 is 15.9 Å². The predicted molar refractivity (Wildman–Crippen MR) is 76.1 cm³/mol. The molecule has 102 valence electrons. The fraction of sp³-hybridized carbons (Fsp3) is 0.429. The van der Waals surface area contributed by atoms with Gasteiger partial charge in [0.2, 0.25) is 0 Å². The lowest BCUT2D eigenvalue weighted by Crippen LogP contribution is -2.18. The third-order valence-electron chi connectivity index (χ3n) is 3.96. The lowest BCUT2D eigenvalue weighted by molar-refractivity contribution is 0.233. The fourth-order valence-electron chi connectivity index (χ4n) is 2.93. The third-order valence-corrected chi connectivity index (χ3v) is 5.78. The number of hydrogen-bond donors (Lipinski definition) is 0. The van der Waals surface area contributed by atoms with Crippen molar-refractivity contribution in [3.63, 3.8) is 0 Å². The standard InChI is InChI=1S/C14H15BrO3S/c15-13-3-5-14(6-4-13)19(16,17)18-9-12-8-10-1-2-11(12)7-10/h1-6,10-12H,7-9H2/t10-,11+,12-/m0/s1. The summed E-state index contributed by atoms with van der Waals surface area (Å²) in [7, 11) is -3.63. The molecule has 19 heavy (non-hydrogen) atoms. The largest absolute Gasteiger partial charge is 0.296 e. The Morgan fingerprint density at radius 1 is 1.16 bits per heavy atom. The molecule has 2 aliphatic rings. The van der Waals surface area contributed by atoms with Crippen LogP contribution in [0.5, 0.6) is 0 Å². The molecule has 0 spiro atoms. The Hall–Kier alpha value is -0.650. The smallest absolute Gasteiger partial charge is 0.266 e. The average molecular weight is 343 g/mol. The van der Waals surface area contributed by atoms with E-state index in [4.69, 9.17) is 4.18 Å². The van der Waals surface area contributed by atoms with Crippen LogP contribution in [-0.2, 0) is 14.3 Å². The molecule has 0 aliphatic heterocycles. The maximum absolute atomic E-state index is 12.1. The number of halogens is 1. The number of benzene rings is 1. The van der Waals surface area contributed by atoms with Gasteiger partial charge in [-0.25, -0.2) is 0 Å².